The molecule has 0 saturated carbocycles. The van der Waals surface area contributed by atoms with Crippen LogP contribution in [0.15, 0.2) is 47.4 Å². The monoisotopic (exact) mass is 392 g/mol. The van der Waals surface area contributed by atoms with Gasteiger partial charge in [0.2, 0.25) is 15.9 Å². The molecule has 0 aromatic heterocycles. The molecule has 0 radical (unpaired) electrons. The highest BCUT2D eigenvalue weighted by Crippen LogP contribution is 2.24. The quantitative estimate of drug-likeness (QED) is 0.720. The van der Waals surface area contributed by atoms with E-state index in [9.17, 15) is 13.2 Å². The van der Waals surface area contributed by atoms with Crippen molar-refractivity contribution in [3.8, 4) is 11.5 Å². The molecule has 0 fully saturated rings. The van der Waals surface area contributed by atoms with Gasteiger partial charge in [-0.3, -0.25) is 4.79 Å². The Kier molecular flexibility index (Phi) is 6.81. The smallest absolute Gasteiger partial charge is 0.242 e. The maximum Gasteiger partial charge on any atom is 0.242 e. The molecule has 0 unspecified atom stereocenters. The fourth-order valence-corrected chi connectivity index (χ4v) is 3.74. The Morgan fingerprint density at radius 2 is 1.85 bits per heavy atom. The fourth-order valence-electron chi connectivity index (χ4n) is 2.45. The first-order valence-electron chi connectivity index (χ1n) is 8.48. The lowest BCUT2D eigenvalue weighted by Crippen LogP contribution is -2.41. The van der Waals surface area contributed by atoms with E-state index in [1.807, 2.05) is 6.92 Å². The summed E-state index contributed by atoms with van der Waals surface area (Å²) in [5, 5.41) is 2.66. The van der Waals surface area contributed by atoms with E-state index in [1.165, 1.54) is 26.2 Å². The van der Waals surface area contributed by atoms with Gasteiger partial charge < -0.3 is 14.8 Å². The first-order valence-corrected chi connectivity index (χ1v) is 9.96. The van der Waals surface area contributed by atoms with Gasteiger partial charge in [-0.1, -0.05) is 12.1 Å². The van der Waals surface area contributed by atoms with Crippen molar-refractivity contribution in [1.82, 2.24) is 4.72 Å². The molecule has 0 bridgehead atoms. The summed E-state index contributed by atoms with van der Waals surface area (Å²) in [6.07, 6.45) is 0. The molecule has 1 amide bonds. The van der Waals surface area contributed by atoms with E-state index in [0.717, 1.165) is 0 Å². The van der Waals surface area contributed by atoms with Gasteiger partial charge in [0.15, 0.2) is 0 Å². The number of carbonyl (C=O) groups is 1. The summed E-state index contributed by atoms with van der Waals surface area (Å²) in [4.78, 5) is 12.5. The van der Waals surface area contributed by atoms with Crippen LogP contribution >= 0.6 is 0 Å². The van der Waals surface area contributed by atoms with Crippen molar-refractivity contribution in [3.05, 3.63) is 48.0 Å². The standard InChI is InChI=1S/C19H24N2O5S/c1-5-26-17-11-10-15(12-13(17)2)27(23,24)21-14(3)19(22)20-16-8-6-7-9-18(16)25-4/h6-12,14,21H,5H2,1-4H3,(H,20,22)/t14-/m1/s1. The number of sulfonamides is 1. The molecule has 0 spiro atoms. The average molecular weight is 392 g/mol. The molecule has 1 atom stereocenters. The highest BCUT2D eigenvalue weighted by atomic mass is 32.2. The van der Waals surface area contributed by atoms with Gasteiger partial charge in [-0.25, -0.2) is 8.42 Å². The van der Waals surface area contributed by atoms with E-state index in [4.69, 9.17) is 9.47 Å². The number of aryl methyl sites for hydroxylation is 1. The maximum atomic E-state index is 12.6. The normalized spacial score (nSPS) is 12.3. The first kappa shape index (κ1) is 20.7. The number of ether oxygens (including phenoxy) is 2. The zero-order valence-electron chi connectivity index (χ0n) is 15.8. The highest BCUT2D eigenvalue weighted by molar-refractivity contribution is 7.89. The lowest BCUT2D eigenvalue weighted by atomic mass is 10.2. The third-order valence-corrected chi connectivity index (χ3v) is 5.38. The number of benzene rings is 2. The Morgan fingerprint density at radius 3 is 2.48 bits per heavy atom. The number of anilines is 1. The molecular formula is C19H24N2O5S. The number of hydrogen-bond donors (Lipinski definition) is 2. The van der Waals surface area contributed by atoms with Crippen molar-refractivity contribution < 1.29 is 22.7 Å². The van der Waals surface area contributed by atoms with Crippen molar-refractivity contribution >= 4 is 21.6 Å². The Hall–Kier alpha value is -2.58. The zero-order chi connectivity index (χ0) is 20.0. The van der Waals surface area contributed by atoms with Crippen molar-refractivity contribution in [2.24, 2.45) is 0 Å². The van der Waals surface area contributed by atoms with Crippen molar-refractivity contribution in [2.75, 3.05) is 19.0 Å². The Balaban J connectivity index is 2.12. The van der Waals surface area contributed by atoms with Gasteiger partial charge in [-0.2, -0.15) is 4.72 Å². The van der Waals surface area contributed by atoms with Crippen LogP contribution in [-0.4, -0.2) is 34.1 Å². The number of rotatable bonds is 8. The molecular weight excluding hydrogens is 368 g/mol. The van der Waals surface area contributed by atoms with Crippen LogP contribution < -0.4 is 19.5 Å². The first-order chi connectivity index (χ1) is 12.8. The summed E-state index contributed by atoms with van der Waals surface area (Å²) in [5.41, 5.74) is 1.17. The molecule has 7 nitrogen and oxygen atoms in total. The molecule has 2 aromatic rings. The summed E-state index contributed by atoms with van der Waals surface area (Å²) in [6.45, 7) is 5.59. The van der Waals surface area contributed by atoms with E-state index in [2.05, 4.69) is 10.0 Å². The Morgan fingerprint density at radius 1 is 1.15 bits per heavy atom. The largest absolute Gasteiger partial charge is 0.495 e. The van der Waals surface area contributed by atoms with Gasteiger partial charge in [0.25, 0.3) is 0 Å². The number of carbonyl (C=O) groups excluding carboxylic acids is 1. The zero-order valence-corrected chi connectivity index (χ0v) is 16.6. The predicted molar refractivity (Wildman–Crippen MR) is 104 cm³/mol. The predicted octanol–water partition coefficient (Wildman–Crippen LogP) is 2.71. The van der Waals surface area contributed by atoms with E-state index < -0.39 is 22.0 Å². The van der Waals surface area contributed by atoms with E-state index in [-0.39, 0.29) is 4.90 Å². The number of amides is 1. The topological polar surface area (TPSA) is 93.7 Å². The summed E-state index contributed by atoms with van der Waals surface area (Å²) >= 11 is 0. The van der Waals surface area contributed by atoms with Crippen molar-refractivity contribution in [1.29, 1.82) is 0 Å². The SMILES string of the molecule is CCOc1ccc(S(=O)(=O)N[C@H](C)C(=O)Nc2ccccc2OC)cc1C. The Bertz CT molecular complexity index is 912. The minimum Gasteiger partial charge on any atom is -0.495 e. The molecule has 146 valence electrons. The summed E-state index contributed by atoms with van der Waals surface area (Å²) in [6, 6.07) is 10.5. The molecule has 8 heteroatoms. The van der Waals surface area contributed by atoms with Gasteiger partial charge in [-0.15, -0.1) is 0 Å². The van der Waals surface area contributed by atoms with Crippen LogP contribution in [-0.2, 0) is 14.8 Å². The molecule has 0 heterocycles. The number of methoxy groups -OCH3 is 1. The van der Waals surface area contributed by atoms with Crippen LogP contribution in [0.1, 0.15) is 19.4 Å². The van der Waals surface area contributed by atoms with Crippen LogP contribution in [0.5, 0.6) is 11.5 Å². The minimum atomic E-state index is -3.86. The molecule has 27 heavy (non-hydrogen) atoms. The summed E-state index contributed by atoms with van der Waals surface area (Å²) in [7, 11) is -2.37. The molecule has 0 aliphatic rings. The average Bonchev–Trinajstić information content (AvgIpc) is 2.63. The molecule has 0 aliphatic heterocycles. The lowest BCUT2D eigenvalue weighted by molar-refractivity contribution is -0.117. The van der Waals surface area contributed by atoms with Crippen molar-refractivity contribution in [2.45, 2.75) is 31.7 Å². The van der Waals surface area contributed by atoms with Gasteiger partial charge in [0, 0.05) is 0 Å². The van der Waals surface area contributed by atoms with Crippen molar-refractivity contribution in [3.63, 3.8) is 0 Å². The molecule has 0 aliphatic carbocycles. The van der Waals surface area contributed by atoms with Crippen LogP contribution in [0.4, 0.5) is 5.69 Å². The maximum absolute atomic E-state index is 12.6. The van der Waals surface area contributed by atoms with E-state index in [0.29, 0.717) is 29.4 Å². The van der Waals surface area contributed by atoms with E-state index in [1.54, 1.807) is 37.3 Å². The molecule has 2 rings (SSSR count). The van der Waals surface area contributed by atoms with Crippen LogP contribution in [0.2, 0.25) is 0 Å². The van der Waals surface area contributed by atoms with Crippen LogP contribution in [0.3, 0.4) is 0 Å². The number of para-hydroxylation sites is 2. The lowest BCUT2D eigenvalue weighted by Gasteiger charge is -2.16. The van der Waals surface area contributed by atoms with Crippen LogP contribution in [0.25, 0.3) is 0 Å². The molecule has 0 saturated heterocycles. The minimum absolute atomic E-state index is 0.0698. The number of nitrogens with one attached hydrogen (secondary N) is 2. The summed E-state index contributed by atoms with van der Waals surface area (Å²) < 4.78 is 38.2. The fraction of sp³-hybridized carbons (Fsp3) is 0.316. The van der Waals surface area contributed by atoms with Gasteiger partial charge >= 0.3 is 0 Å². The highest BCUT2D eigenvalue weighted by Gasteiger charge is 2.23. The second-order valence-electron chi connectivity index (χ2n) is 5.89. The molecule has 2 N–H and O–H groups in total. The molecule has 2 aromatic carbocycles. The van der Waals surface area contributed by atoms with E-state index >= 15 is 0 Å². The number of hydrogen-bond acceptors (Lipinski definition) is 5. The van der Waals surface area contributed by atoms with Gasteiger partial charge in [0.1, 0.15) is 11.5 Å². The Labute approximate surface area is 159 Å². The summed E-state index contributed by atoms with van der Waals surface area (Å²) in [5.74, 6) is 0.618. The third-order valence-electron chi connectivity index (χ3n) is 3.85. The van der Waals surface area contributed by atoms with Crippen LogP contribution in [0, 0.1) is 6.92 Å². The van der Waals surface area contributed by atoms with Gasteiger partial charge in [-0.05, 0) is 56.7 Å². The van der Waals surface area contributed by atoms with Gasteiger partial charge in [0.05, 0.1) is 30.3 Å². The second kappa shape index (κ2) is 8.88. The third kappa shape index (κ3) is 5.21. The second-order valence-corrected chi connectivity index (χ2v) is 7.61.